The van der Waals surface area contributed by atoms with Gasteiger partial charge in [0.2, 0.25) is 0 Å². The Morgan fingerprint density at radius 2 is 1.09 bits per heavy atom. The molecule has 2 heterocycles. The topological polar surface area (TPSA) is 234 Å². The maximum Gasteiger partial charge on any atom is 0.124 e. The van der Waals surface area contributed by atoms with Crippen LogP contribution in [0.5, 0.6) is 0 Å². The minimum Gasteiger partial charge on any atom is -0.744 e. The molecule has 0 fully saturated rings. The third-order valence-corrected chi connectivity index (χ3v) is 8.46. The lowest BCUT2D eigenvalue weighted by atomic mass is 10.3. The van der Waals surface area contributed by atoms with Gasteiger partial charge in [-0.25, -0.2) is 16.8 Å². The monoisotopic (exact) mass is 558 g/mol. The Morgan fingerprint density at radius 1 is 0.765 bits per heavy atom. The fourth-order valence-corrected chi connectivity index (χ4v) is 6.50. The molecule has 34 heavy (non-hydrogen) atoms. The minimum atomic E-state index is -4.33. The standard InChI is InChI=1S/2C9H11NO3S2.2H3N.H2O2/c2*1-2-10-6-14-9-5-7(15(11,12)13)3-4-8(9)10;;;1-2/h2*3-5H,2,6H2,1H3,(H,11,12,13);2*1H3;1-2H. The summed E-state index contributed by atoms with van der Waals surface area (Å²) in [6.45, 7) is 5.83. The number of thioether (sulfide) groups is 2. The summed E-state index contributed by atoms with van der Waals surface area (Å²) >= 11 is 3.11. The van der Waals surface area contributed by atoms with E-state index in [-0.39, 0.29) is 22.1 Å². The molecule has 194 valence electrons. The molecule has 0 amide bonds. The maximum atomic E-state index is 10.8. The van der Waals surface area contributed by atoms with Crippen LogP contribution in [0.25, 0.3) is 0 Å². The lowest BCUT2D eigenvalue weighted by molar-refractivity contribution is -0.176. The zero-order valence-electron chi connectivity index (χ0n) is 19.2. The van der Waals surface area contributed by atoms with Gasteiger partial charge in [0.05, 0.1) is 32.9 Å². The first-order valence-corrected chi connectivity index (χ1v) is 14.0. The summed E-state index contributed by atoms with van der Waals surface area (Å²) in [5, 5.41) is 12.0. The normalized spacial score (nSPS) is 13.8. The molecular weight excluding hydrogens is 528 g/mol. The highest BCUT2D eigenvalue weighted by Gasteiger charge is 2.20. The van der Waals surface area contributed by atoms with Crippen LogP contribution < -0.4 is 22.1 Å². The van der Waals surface area contributed by atoms with Crippen molar-refractivity contribution in [3.05, 3.63) is 36.4 Å². The van der Waals surface area contributed by atoms with Gasteiger partial charge in [-0.2, -0.15) is 0 Å². The molecule has 2 aliphatic heterocycles. The van der Waals surface area contributed by atoms with E-state index in [1.165, 1.54) is 24.3 Å². The highest BCUT2D eigenvalue weighted by atomic mass is 32.2. The van der Waals surface area contributed by atoms with Gasteiger partial charge in [-0.1, -0.05) is 0 Å². The second-order valence-electron chi connectivity index (χ2n) is 6.43. The third kappa shape index (κ3) is 7.70. The van der Waals surface area contributed by atoms with Crippen molar-refractivity contribution < 1.29 is 36.5 Å². The van der Waals surface area contributed by atoms with E-state index in [9.17, 15) is 25.9 Å². The summed E-state index contributed by atoms with van der Waals surface area (Å²) in [6.07, 6.45) is 0. The summed E-state index contributed by atoms with van der Waals surface area (Å²) in [6, 6.07) is 9.05. The molecule has 2 aliphatic rings. The molecule has 2 aromatic carbocycles. The van der Waals surface area contributed by atoms with Crippen LogP contribution in [0.4, 0.5) is 11.4 Å². The quantitative estimate of drug-likeness (QED) is 0.238. The molecule has 0 spiro atoms. The highest BCUT2D eigenvalue weighted by Crippen LogP contribution is 2.40. The van der Waals surface area contributed by atoms with Crippen molar-refractivity contribution in [3.63, 3.8) is 0 Å². The molecule has 10 N–H and O–H groups in total. The maximum absolute atomic E-state index is 10.8. The van der Waals surface area contributed by atoms with Crippen molar-refractivity contribution >= 4 is 55.1 Å². The lowest BCUT2D eigenvalue weighted by Gasteiger charge is -2.15. The van der Waals surface area contributed by atoms with E-state index in [1.807, 2.05) is 13.8 Å². The molecule has 0 saturated carbocycles. The Bertz CT molecular complexity index is 1070. The first-order chi connectivity index (χ1) is 15.0. The first-order valence-electron chi connectivity index (χ1n) is 9.20. The Morgan fingerprint density at radius 3 is 1.35 bits per heavy atom. The largest absolute Gasteiger partial charge is 0.744 e. The number of hydrogen-bond donors (Lipinski definition) is 4. The molecule has 12 nitrogen and oxygen atoms in total. The van der Waals surface area contributed by atoms with Gasteiger partial charge in [-0.15, -0.1) is 23.5 Å². The average Bonchev–Trinajstić information content (AvgIpc) is 3.37. The Kier molecular flexibility index (Phi) is 12.8. The number of nitrogens with zero attached hydrogens (tertiary/aromatic N) is 2. The fraction of sp³-hybridized carbons (Fsp3) is 0.333. The van der Waals surface area contributed by atoms with Crippen LogP contribution >= 0.6 is 23.5 Å². The van der Waals surface area contributed by atoms with E-state index in [4.69, 9.17) is 10.5 Å². The summed E-state index contributed by atoms with van der Waals surface area (Å²) in [5.41, 5.74) is 2.02. The Balaban J connectivity index is 0.000000566. The summed E-state index contributed by atoms with van der Waals surface area (Å²) in [7, 11) is -8.66. The van der Waals surface area contributed by atoms with E-state index >= 15 is 0 Å². The summed E-state index contributed by atoms with van der Waals surface area (Å²) in [5.74, 6) is 1.63. The number of hydrogen-bond acceptors (Lipinski definition) is 12. The molecular formula is C18H30N4O8S4. The number of quaternary nitrogens is 2. The van der Waals surface area contributed by atoms with E-state index in [2.05, 4.69) is 9.80 Å². The molecule has 2 aromatic rings. The van der Waals surface area contributed by atoms with Crippen LogP contribution in [0.1, 0.15) is 13.8 Å². The van der Waals surface area contributed by atoms with Gasteiger partial charge in [-0.3, -0.25) is 10.5 Å². The average molecular weight is 559 g/mol. The van der Waals surface area contributed by atoms with Gasteiger partial charge < -0.3 is 31.2 Å². The smallest absolute Gasteiger partial charge is 0.124 e. The molecule has 0 saturated heterocycles. The van der Waals surface area contributed by atoms with E-state index in [0.717, 1.165) is 46.0 Å². The van der Waals surface area contributed by atoms with Crippen LogP contribution in [0.2, 0.25) is 0 Å². The number of anilines is 2. The molecule has 0 bridgehead atoms. The van der Waals surface area contributed by atoms with Crippen molar-refractivity contribution in [1.29, 1.82) is 0 Å². The number of benzene rings is 2. The predicted molar refractivity (Wildman–Crippen MR) is 134 cm³/mol. The zero-order chi connectivity index (χ0) is 24.1. The van der Waals surface area contributed by atoms with Crippen LogP contribution in [0.15, 0.2) is 56.0 Å². The number of rotatable bonds is 4. The lowest BCUT2D eigenvalue weighted by Crippen LogP contribution is -2.17. The van der Waals surface area contributed by atoms with Crippen molar-refractivity contribution in [2.24, 2.45) is 0 Å². The first kappa shape index (κ1) is 32.4. The second-order valence-corrected chi connectivity index (χ2v) is 11.2. The summed E-state index contributed by atoms with van der Waals surface area (Å²) < 4.78 is 64.8. The summed E-state index contributed by atoms with van der Waals surface area (Å²) in [4.78, 5) is 5.70. The van der Waals surface area contributed by atoms with Crippen molar-refractivity contribution in [2.75, 3.05) is 34.6 Å². The molecule has 16 heteroatoms. The second kappa shape index (κ2) is 13.5. The fourth-order valence-electron chi connectivity index (χ4n) is 3.01. The van der Waals surface area contributed by atoms with Crippen LogP contribution in [-0.2, 0) is 20.2 Å². The van der Waals surface area contributed by atoms with Crippen molar-refractivity contribution in [2.45, 2.75) is 33.4 Å². The molecule has 0 atom stereocenters. The highest BCUT2D eigenvalue weighted by molar-refractivity contribution is 8.00. The molecule has 0 radical (unpaired) electrons. The zero-order valence-corrected chi connectivity index (χ0v) is 22.4. The molecule has 0 unspecified atom stereocenters. The Hall–Kier alpha value is -1.60. The van der Waals surface area contributed by atoms with Gasteiger partial charge in [-0.05, 0) is 50.2 Å². The van der Waals surface area contributed by atoms with Gasteiger partial charge in [0, 0.05) is 22.9 Å². The van der Waals surface area contributed by atoms with Crippen molar-refractivity contribution in [3.8, 4) is 0 Å². The van der Waals surface area contributed by atoms with Crippen LogP contribution in [0, 0.1) is 0 Å². The van der Waals surface area contributed by atoms with Gasteiger partial charge in [0.25, 0.3) is 0 Å². The SMILES string of the molecule is CCN1CSc2cc(S(=O)(=O)[O-])ccc21.CCN1CSc2cc(S(=O)(=O)[O-])ccc21.OO.[NH4+].[NH4+]. The Labute approximate surface area is 207 Å². The molecule has 0 aliphatic carbocycles. The van der Waals surface area contributed by atoms with Crippen LogP contribution in [-0.4, -0.2) is 61.3 Å². The minimum absolute atomic E-state index is 0. The van der Waals surface area contributed by atoms with E-state index in [1.54, 1.807) is 35.7 Å². The van der Waals surface area contributed by atoms with Gasteiger partial charge >= 0.3 is 0 Å². The van der Waals surface area contributed by atoms with E-state index in [0.29, 0.717) is 0 Å². The van der Waals surface area contributed by atoms with Gasteiger partial charge in [0.1, 0.15) is 20.2 Å². The molecule has 0 aromatic heterocycles. The predicted octanol–water partition coefficient (Wildman–Crippen LogP) is 3.73. The van der Waals surface area contributed by atoms with E-state index < -0.39 is 20.2 Å². The molecule has 4 rings (SSSR count). The van der Waals surface area contributed by atoms with Crippen molar-refractivity contribution in [1.82, 2.24) is 12.3 Å². The van der Waals surface area contributed by atoms with Gasteiger partial charge in [0.15, 0.2) is 0 Å². The number of fused-ring (bicyclic) bond motifs is 2. The van der Waals surface area contributed by atoms with Crippen LogP contribution in [0.3, 0.4) is 0 Å². The third-order valence-electron chi connectivity index (χ3n) is 4.64.